The van der Waals surface area contributed by atoms with Gasteiger partial charge in [0.25, 0.3) is 5.91 Å². The SMILES string of the molecule is CCOc1cc2c(cc1C(=O)NC)C(=N)N(CC(=O)c1cc(N3CCOCC3)c(OCC(=O)OC(=O)C(F)(F)F)c(C(C)(C)C)c1)C2. The van der Waals surface area contributed by atoms with Gasteiger partial charge < -0.3 is 34.1 Å². The van der Waals surface area contributed by atoms with Crippen LogP contribution in [0.25, 0.3) is 0 Å². The first-order valence-electron chi connectivity index (χ1n) is 14.9. The molecule has 0 bridgehead atoms. The number of amides is 1. The standard InChI is InChI=1S/C32H37F3N4O8/c1-6-45-25-13-19-15-39(28(36)20(19)14-21(25)29(42)37-5)16-24(40)18-11-22(31(2,3)4)27(23(12-18)38-7-9-44-10-8-38)46-17-26(41)47-30(43)32(33,34)35/h11-14,36H,6-10,15-17H2,1-5H3,(H,37,42). The molecule has 1 amide bonds. The van der Waals surface area contributed by atoms with Gasteiger partial charge in [0.2, 0.25) is 0 Å². The summed E-state index contributed by atoms with van der Waals surface area (Å²) in [6.07, 6.45) is -5.35. The molecule has 1 fully saturated rings. The maximum absolute atomic E-state index is 13.9. The first-order chi connectivity index (χ1) is 22.0. The van der Waals surface area contributed by atoms with E-state index in [1.165, 1.54) is 7.05 Å². The minimum absolute atomic E-state index is 0.0675. The molecular weight excluding hydrogens is 625 g/mol. The van der Waals surface area contributed by atoms with Crippen LogP contribution in [0.15, 0.2) is 24.3 Å². The van der Waals surface area contributed by atoms with Gasteiger partial charge in [0, 0.05) is 43.4 Å². The minimum Gasteiger partial charge on any atom is -0.493 e. The average molecular weight is 663 g/mol. The first-order valence-corrected chi connectivity index (χ1v) is 14.9. The predicted molar refractivity (Wildman–Crippen MR) is 163 cm³/mol. The van der Waals surface area contributed by atoms with Gasteiger partial charge in [0.05, 0.1) is 37.6 Å². The van der Waals surface area contributed by atoms with Crippen LogP contribution in [0.3, 0.4) is 0 Å². The number of morpholine rings is 1. The monoisotopic (exact) mass is 662 g/mol. The van der Waals surface area contributed by atoms with Crippen LogP contribution in [-0.2, 0) is 31.0 Å². The van der Waals surface area contributed by atoms with Crippen LogP contribution in [0.4, 0.5) is 18.9 Å². The molecule has 4 rings (SSSR count). The number of ether oxygens (including phenoxy) is 4. The van der Waals surface area contributed by atoms with E-state index in [-0.39, 0.29) is 47.5 Å². The van der Waals surface area contributed by atoms with Crippen LogP contribution in [0.1, 0.15) is 65.1 Å². The summed E-state index contributed by atoms with van der Waals surface area (Å²) in [5, 5.41) is 11.4. The van der Waals surface area contributed by atoms with Crippen molar-refractivity contribution in [2.45, 2.75) is 45.8 Å². The normalized spacial score (nSPS) is 14.9. The Kier molecular flexibility index (Phi) is 10.5. The number of nitrogens with zero attached hydrogens (tertiary/aromatic N) is 2. The molecular formula is C32H37F3N4O8. The molecule has 2 N–H and O–H groups in total. The summed E-state index contributed by atoms with van der Waals surface area (Å²) in [7, 11) is 1.50. The lowest BCUT2D eigenvalue weighted by molar-refractivity contribution is -0.202. The molecule has 1 saturated heterocycles. The number of carbonyl (C=O) groups excluding carboxylic acids is 4. The predicted octanol–water partition coefficient (Wildman–Crippen LogP) is 3.61. The molecule has 15 heteroatoms. The Hall–Kier alpha value is -4.66. The zero-order valence-electron chi connectivity index (χ0n) is 26.8. The summed E-state index contributed by atoms with van der Waals surface area (Å²) >= 11 is 0. The number of esters is 2. The van der Waals surface area contributed by atoms with E-state index in [2.05, 4.69) is 10.1 Å². The Morgan fingerprint density at radius 3 is 2.30 bits per heavy atom. The van der Waals surface area contributed by atoms with Crippen LogP contribution >= 0.6 is 0 Å². The second-order valence-corrected chi connectivity index (χ2v) is 11.9. The highest BCUT2D eigenvalue weighted by molar-refractivity contribution is 6.08. The molecule has 0 aromatic heterocycles. The topological polar surface area (TPSA) is 148 Å². The van der Waals surface area contributed by atoms with Crippen molar-refractivity contribution in [3.8, 4) is 11.5 Å². The number of nitrogens with one attached hydrogen (secondary N) is 2. The molecule has 254 valence electrons. The minimum atomic E-state index is -5.35. The molecule has 0 aliphatic carbocycles. The number of hydrogen-bond donors (Lipinski definition) is 2. The van der Waals surface area contributed by atoms with Crippen molar-refractivity contribution in [1.29, 1.82) is 5.41 Å². The number of anilines is 1. The molecule has 0 unspecified atom stereocenters. The number of ketones is 1. The van der Waals surface area contributed by atoms with E-state index in [1.807, 2.05) is 25.7 Å². The Balaban J connectivity index is 1.65. The van der Waals surface area contributed by atoms with Gasteiger partial charge in [-0.2, -0.15) is 13.2 Å². The number of alkyl halides is 3. The number of benzene rings is 2. The van der Waals surface area contributed by atoms with Gasteiger partial charge in [-0.15, -0.1) is 0 Å². The summed E-state index contributed by atoms with van der Waals surface area (Å²) in [5.41, 5.74) is 2.00. The highest BCUT2D eigenvalue weighted by Crippen LogP contribution is 2.41. The van der Waals surface area contributed by atoms with Crippen molar-refractivity contribution in [2.24, 2.45) is 0 Å². The van der Waals surface area contributed by atoms with Gasteiger partial charge in [-0.1, -0.05) is 20.8 Å². The molecule has 2 aromatic carbocycles. The van der Waals surface area contributed by atoms with Gasteiger partial charge in [-0.05, 0) is 42.2 Å². The lowest BCUT2D eigenvalue weighted by Gasteiger charge is -2.33. The first kappa shape index (κ1) is 35.2. The van der Waals surface area contributed by atoms with E-state index in [0.717, 1.165) is 5.56 Å². The number of fused-ring (bicyclic) bond motifs is 1. The average Bonchev–Trinajstić information content (AvgIpc) is 3.31. The number of hydrogen-bond acceptors (Lipinski definition) is 10. The van der Waals surface area contributed by atoms with Gasteiger partial charge >= 0.3 is 18.1 Å². The number of amidine groups is 1. The van der Waals surface area contributed by atoms with E-state index in [1.54, 1.807) is 36.1 Å². The molecule has 2 aliphatic heterocycles. The zero-order valence-corrected chi connectivity index (χ0v) is 26.8. The quantitative estimate of drug-likeness (QED) is 0.220. The highest BCUT2D eigenvalue weighted by atomic mass is 19.4. The van der Waals surface area contributed by atoms with Crippen molar-refractivity contribution in [2.75, 3.05) is 58.0 Å². The van der Waals surface area contributed by atoms with E-state index in [4.69, 9.17) is 19.6 Å². The maximum Gasteiger partial charge on any atom is 0.491 e. The zero-order chi connectivity index (χ0) is 34.7. The summed E-state index contributed by atoms with van der Waals surface area (Å²) in [5.74, 6) is -4.28. The van der Waals surface area contributed by atoms with Crippen LogP contribution in [0, 0.1) is 5.41 Å². The molecule has 2 aliphatic rings. The van der Waals surface area contributed by atoms with Gasteiger partial charge in [0.15, 0.2) is 12.4 Å². The second kappa shape index (κ2) is 14.0. The highest BCUT2D eigenvalue weighted by Gasteiger charge is 2.42. The molecule has 12 nitrogen and oxygen atoms in total. The van der Waals surface area contributed by atoms with Crippen molar-refractivity contribution in [1.82, 2.24) is 10.2 Å². The Bertz CT molecular complexity index is 1580. The lowest BCUT2D eigenvalue weighted by Crippen LogP contribution is -2.37. The van der Waals surface area contributed by atoms with Crippen molar-refractivity contribution >= 4 is 35.2 Å². The van der Waals surface area contributed by atoms with E-state index < -0.39 is 30.1 Å². The van der Waals surface area contributed by atoms with Gasteiger partial charge in [-0.3, -0.25) is 15.0 Å². The summed E-state index contributed by atoms with van der Waals surface area (Å²) in [6, 6.07) is 6.46. The van der Waals surface area contributed by atoms with Crippen LogP contribution in [0.5, 0.6) is 11.5 Å². The van der Waals surface area contributed by atoms with Crippen LogP contribution in [0.2, 0.25) is 0 Å². The fraction of sp³-hybridized carbons (Fsp3) is 0.469. The number of rotatable bonds is 10. The van der Waals surface area contributed by atoms with E-state index in [9.17, 15) is 32.3 Å². The molecule has 0 atom stereocenters. The van der Waals surface area contributed by atoms with Crippen LogP contribution < -0.4 is 19.7 Å². The number of carbonyl (C=O) groups is 4. The van der Waals surface area contributed by atoms with Gasteiger partial charge in [-0.25, -0.2) is 9.59 Å². The van der Waals surface area contributed by atoms with Crippen molar-refractivity contribution in [3.63, 3.8) is 0 Å². The second-order valence-electron chi connectivity index (χ2n) is 11.9. The van der Waals surface area contributed by atoms with Crippen molar-refractivity contribution < 1.29 is 51.3 Å². The third-order valence-electron chi connectivity index (χ3n) is 7.57. The van der Waals surface area contributed by atoms with E-state index >= 15 is 0 Å². The van der Waals surface area contributed by atoms with Gasteiger partial charge in [0.1, 0.15) is 17.3 Å². The molecule has 2 heterocycles. The lowest BCUT2D eigenvalue weighted by atomic mass is 9.84. The Morgan fingerprint density at radius 2 is 1.70 bits per heavy atom. The summed E-state index contributed by atoms with van der Waals surface area (Å²) in [4.78, 5) is 53.1. The third-order valence-corrected chi connectivity index (χ3v) is 7.57. The largest absolute Gasteiger partial charge is 0.493 e. The third kappa shape index (κ3) is 8.02. The maximum atomic E-state index is 13.9. The molecule has 0 radical (unpaired) electrons. The van der Waals surface area contributed by atoms with Crippen LogP contribution in [-0.4, -0.2) is 93.7 Å². The fourth-order valence-corrected chi connectivity index (χ4v) is 5.26. The fourth-order valence-electron chi connectivity index (χ4n) is 5.26. The summed E-state index contributed by atoms with van der Waals surface area (Å²) in [6.45, 7) is 8.22. The smallest absolute Gasteiger partial charge is 0.491 e. The molecule has 0 saturated carbocycles. The number of halogens is 3. The number of Topliss-reactive ketones (excluding diaryl/α,β-unsaturated/α-hetero) is 1. The van der Waals surface area contributed by atoms with Crippen molar-refractivity contribution in [3.05, 3.63) is 52.1 Å². The summed E-state index contributed by atoms with van der Waals surface area (Å²) < 4.78 is 58.6. The van der Waals surface area contributed by atoms with E-state index in [0.29, 0.717) is 55.5 Å². The Morgan fingerprint density at radius 1 is 1.02 bits per heavy atom. The molecule has 0 spiro atoms. The molecule has 47 heavy (non-hydrogen) atoms. The molecule has 2 aromatic rings. The Labute approximate surface area is 269 Å².